The number of halogens is 2. The van der Waals surface area contributed by atoms with Crippen molar-refractivity contribution >= 4 is 0 Å². The number of hydrogen-bond donors (Lipinski definition) is 1. The summed E-state index contributed by atoms with van der Waals surface area (Å²) in [4.78, 5) is 0. The second-order valence-corrected chi connectivity index (χ2v) is 3.04. The first-order valence-electron chi connectivity index (χ1n) is 4.39. The molecule has 1 heterocycles. The van der Waals surface area contributed by atoms with E-state index >= 15 is 0 Å². The lowest BCUT2D eigenvalue weighted by Gasteiger charge is -2.22. The van der Waals surface area contributed by atoms with Crippen LogP contribution in [0.25, 0.3) is 0 Å². The zero-order valence-electron chi connectivity index (χ0n) is 7.06. The molecule has 72 valence electrons. The largest absolute Gasteiger partial charge is 0.377 e. The molecule has 0 saturated carbocycles. The van der Waals surface area contributed by atoms with Gasteiger partial charge in [-0.25, -0.2) is 8.78 Å². The summed E-state index contributed by atoms with van der Waals surface area (Å²) in [6.45, 7) is 1.12. The van der Waals surface area contributed by atoms with Gasteiger partial charge in [0.15, 0.2) is 0 Å². The average molecular weight is 179 g/mol. The molecule has 1 unspecified atom stereocenters. The van der Waals surface area contributed by atoms with Crippen LogP contribution in [0.4, 0.5) is 8.78 Å². The van der Waals surface area contributed by atoms with Gasteiger partial charge in [-0.2, -0.15) is 0 Å². The fourth-order valence-electron chi connectivity index (χ4n) is 1.32. The Hall–Kier alpha value is -0.220. The van der Waals surface area contributed by atoms with Crippen LogP contribution in [0, 0.1) is 0 Å². The van der Waals surface area contributed by atoms with Crippen LogP contribution < -0.4 is 5.32 Å². The van der Waals surface area contributed by atoms with Crippen molar-refractivity contribution in [3.63, 3.8) is 0 Å². The molecule has 1 fully saturated rings. The monoisotopic (exact) mass is 179 g/mol. The van der Waals surface area contributed by atoms with Gasteiger partial charge in [0.05, 0.1) is 12.6 Å². The first-order valence-corrected chi connectivity index (χ1v) is 4.39. The molecular formula is C8H15F2NO. The third kappa shape index (κ3) is 3.97. The maximum absolute atomic E-state index is 11.7. The van der Waals surface area contributed by atoms with Crippen molar-refractivity contribution in [1.29, 1.82) is 0 Å². The smallest absolute Gasteiger partial charge is 0.250 e. The van der Waals surface area contributed by atoms with Crippen LogP contribution in [0.1, 0.15) is 19.3 Å². The highest BCUT2D eigenvalue weighted by molar-refractivity contribution is 4.66. The molecule has 12 heavy (non-hydrogen) atoms. The molecule has 0 radical (unpaired) electrons. The maximum Gasteiger partial charge on any atom is 0.250 e. The van der Waals surface area contributed by atoms with Gasteiger partial charge in [-0.1, -0.05) is 0 Å². The van der Waals surface area contributed by atoms with Crippen LogP contribution in [0.2, 0.25) is 0 Å². The van der Waals surface area contributed by atoms with Crippen molar-refractivity contribution in [2.45, 2.75) is 31.8 Å². The summed E-state index contributed by atoms with van der Waals surface area (Å²) in [6, 6.07) is 0. The van der Waals surface area contributed by atoms with E-state index in [-0.39, 0.29) is 12.6 Å². The first-order chi connectivity index (χ1) is 5.79. The molecule has 1 aliphatic heterocycles. The van der Waals surface area contributed by atoms with Gasteiger partial charge in [0.1, 0.15) is 0 Å². The molecule has 1 rings (SSSR count). The summed E-state index contributed by atoms with van der Waals surface area (Å²) in [5, 5.41) is 2.68. The van der Waals surface area contributed by atoms with E-state index in [9.17, 15) is 8.78 Å². The third-order valence-corrected chi connectivity index (χ3v) is 1.94. The minimum atomic E-state index is -2.26. The van der Waals surface area contributed by atoms with Crippen molar-refractivity contribution in [2.75, 3.05) is 19.7 Å². The molecule has 0 aromatic rings. The molecule has 1 aliphatic rings. The van der Waals surface area contributed by atoms with Gasteiger partial charge < -0.3 is 10.1 Å². The number of ether oxygens (including phenoxy) is 1. The van der Waals surface area contributed by atoms with Crippen molar-refractivity contribution < 1.29 is 13.5 Å². The van der Waals surface area contributed by atoms with Crippen molar-refractivity contribution in [1.82, 2.24) is 5.32 Å². The van der Waals surface area contributed by atoms with Crippen LogP contribution in [0.15, 0.2) is 0 Å². The first kappa shape index (κ1) is 9.86. The summed E-state index contributed by atoms with van der Waals surface area (Å²) in [5.74, 6) is 0. The number of hydrogen-bond acceptors (Lipinski definition) is 2. The summed E-state index contributed by atoms with van der Waals surface area (Å²) >= 11 is 0. The fourth-order valence-corrected chi connectivity index (χ4v) is 1.32. The standard InChI is InChI=1S/C8H15F2NO/c9-8(10)6-11-5-7-3-1-2-4-12-7/h7-8,11H,1-6H2. The van der Waals surface area contributed by atoms with E-state index in [0.29, 0.717) is 6.54 Å². The Labute approximate surface area is 71.3 Å². The van der Waals surface area contributed by atoms with E-state index in [1.807, 2.05) is 0 Å². The van der Waals surface area contributed by atoms with Gasteiger partial charge >= 0.3 is 0 Å². The lowest BCUT2D eigenvalue weighted by Crippen LogP contribution is -2.34. The predicted octanol–water partition coefficient (Wildman–Crippen LogP) is 1.41. The molecule has 1 N–H and O–H groups in total. The molecule has 0 aromatic carbocycles. The Kier molecular flexibility index (Phi) is 4.46. The highest BCUT2D eigenvalue weighted by Crippen LogP contribution is 2.11. The zero-order valence-corrected chi connectivity index (χ0v) is 7.06. The Morgan fingerprint density at radius 1 is 1.42 bits per heavy atom. The van der Waals surface area contributed by atoms with Crippen LogP contribution >= 0.6 is 0 Å². The molecule has 0 amide bonds. The van der Waals surface area contributed by atoms with Crippen LogP contribution in [0.3, 0.4) is 0 Å². The highest BCUT2D eigenvalue weighted by atomic mass is 19.3. The molecule has 0 aliphatic carbocycles. The number of rotatable bonds is 4. The summed E-state index contributed by atoms with van der Waals surface area (Å²) in [6.07, 6.45) is 1.15. The van der Waals surface area contributed by atoms with Gasteiger partial charge in [-0.3, -0.25) is 0 Å². The predicted molar refractivity (Wildman–Crippen MR) is 42.5 cm³/mol. The van der Waals surface area contributed by atoms with E-state index in [1.54, 1.807) is 0 Å². The van der Waals surface area contributed by atoms with Crippen molar-refractivity contribution in [3.05, 3.63) is 0 Å². The molecular weight excluding hydrogens is 164 g/mol. The Morgan fingerprint density at radius 3 is 2.83 bits per heavy atom. The molecule has 0 spiro atoms. The zero-order chi connectivity index (χ0) is 8.81. The number of nitrogens with one attached hydrogen (secondary N) is 1. The summed E-state index contributed by atoms with van der Waals surface area (Å²) < 4.78 is 28.7. The lowest BCUT2D eigenvalue weighted by molar-refractivity contribution is 0.0145. The lowest BCUT2D eigenvalue weighted by atomic mass is 10.1. The fraction of sp³-hybridized carbons (Fsp3) is 1.00. The molecule has 2 nitrogen and oxygen atoms in total. The minimum absolute atomic E-state index is 0.150. The Balaban J connectivity index is 1.98. The second-order valence-electron chi connectivity index (χ2n) is 3.04. The summed E-state index contributed by atoms with van der Waals surface area (Å²) in [5.41, 5.74) is 0. The van der Waals surface area contributed by atoms with E-state index < -0.39 is 6.43 Å². The van der Waals surface area contributed by atoms with E-state index in [1.165, 1.54) is 0 Å². The molecule has 0 aromatic heterocycles. The van der Waals surface area contributed by atoms with Crippen molar-refractivity contribution in [2.24, 2.45) is 0 Å². The van der Waals surface area contributed by atoms with E-state index in [4.69, 9.17) is 4.74 Å². The van der Waals surface area contributed by atoms with E-state index in [2.05, 4.69) is 5.32 Å². The number of alkyl halides is 2. The van der Waals surface area contributed by atoms with Crippen LogP contribution in [-0.4, -0.2) is 32.2 Å². The maximum atomic E-state index is 11.7. The minimum Gasteiger partial charge on any atom is -0.377 e. The normalized spacial score (nSPS) is 24.8. The molecule has 1 atom stereocenters. The summed E-state index contributed by atoms with van der Waals surface area (Å²) in [7, 11) is 0. The SMILES string of the molecule is FC(F)CNCC1CCCCO1. The second kappa shape index (κ2) is 5.43. The van der Waals surface area contributed by atoms with Gasteiger partial charge in [0, 0.05) is 13.2 Å². The molecule has 0 bridgehead atoms. The van der Waals surface area contributed by atoms with Gasteiger partial charge in [0.25, 0.3) is 6.43 Å². The third-order valence-electron chi connectivity index (χ3n) is 1.94. The quantitative estimate of drug-likeness (QED) is 0.704. The van der Waals surface area contributed by atoms with Gasteiger partial charge in [-0.05, 0) is 19.3 Å². The van der Waals surface area contributed by atoms with Gasteiger partial charge in [-0.15, -0.1) is 0 Å². The van der Waals surface area contributed by atoms with Crippen LogP contribution in [-0.2, 0) is 4.74 Å². The Bertz CT molecular complexity index is 116. The van der Waals surface area contributed by atoms with E-state index in [0.717, 1.165) is 25.9 Å². The molecule has 1 saturated heterocycles. The van der Waals surface area contributed by atoms with Gasteiger partial charge in [0.2, 0.25) is 0 Å². The Morgan fingerprint density at radius 2 is 2.25 bits per heavy atom. The average Bonchev–Trinajstić information content (AvgIpc) is 2.05. The van der Waals surface area contributed by atoms with Crippen LogP contribution in [0.5, 0.6) is 0 Å². The van der Waals surface area contributed by atoms with Crippen molar-refractivity contribution in [3.8, 4) is 0 Å². The molecule has 4 heteroatoms. The topological polar surface area (TPSA) is 21.3 Å². The highest BCUT2D eigenvalue weighted by Gasteiger charge is 2.13.